The highest BCUT2D eigenvalue weighted by molar-refractivity contribution is 14.0. The summed E-state index contributed by atoms with van der Waals surface area (Å²) in [5, 5.41) is 2.94. The van der Waals surface area contributed by atoms with Crippen molar-refractivity contribution in [3.8, 4) is 0 Å². The first-order valence-electron chi connectivity index (χ1n) is 6.48. The van der Waals surface area contributed by atoms with Gasteiger partial charge in [0.15, 0.2) is 5.96 Å². The summed E-state index contributed by atoms with van der Waals surface area (Å²) in [4.78, 5) is 8.58. The number of rotatable bonds is 6. The third kappa shape index (κ3) is 5.58. The Balaban J connectivity index is 0.00000220. The number of aliphatic imine (C=N–C) groups is 1. The maximum absolute atomic E-state index is 5.73. The zero-order valence-corrected chi connectivity index (χ0v) is 14.1. The van der Waals surface area contributed by atoms with Gasteiger partial charge in [-0.2, -0.15) is 0 Å². The number of hydrogen-bond donors (Lipinski definition) is 2. The molecule has 3 N–H and O–H groups in total. The molecule has 21 heavy (non-hydrogen) atoms. The second-order valence-corrected chi connectivity index (χ2v) is 4.33. The molecule has 5 nitrogen and oxygen atoms in total. The number of nitrogens with zero attached hydrogens (tertiary/aromatic N) is 3. The molecule has 0 aliphatic heterocycles. The van der Waals surface area contributed by atoms with Crippen molar-refractivity contribution in [1.82, 2.24) is 14.9 Å². The van der Waals surface area contributed by atoms with E-state index in [0.29, 0.717) is 19.0 Å². The molecule has 112 valence electrons. The molecule has 0 aliphatic rings. The van der Waals surface area contributed by atoms with Crippen molar-refractivity contribution in [2.24, 2.45) is 10.7 Å². The Morgan fingerprint density at radius 3 is 2.86 bits per heavy atom. The molecular formula is C15H20IN5. The van der Waals surface area contributed by atoms with Gasteiger partial charge in [0.05, 0.1) is 0 Å². The summed E-state index contributed by atoms with van der Waals surface area (Å²) in [7, 11) is 0. The number of hydrogen-bond acceptors (Lipinski definition) is 2. The van der Waals surface area contributed by atoms with Crippen molar-refractivity contribution in [2.75, 3.05) is 6.54 Å². The van der Waals surface area contributed by atoms with Crippen LogP contribution in [0.2, 0.25) is 0 Å². The van der Waals surface area contributed by atoms with Crippen molar-refractivity contribution in [1.29, 1.82) is 0 Å². The highest BCUT2D eigenvalue weighted by atomic mass is 127. The molecule has 1 aromatic heterocycles. The number of nitrogens with two attached hydrogens (primary N) is 1. The molecule has 0 spiro atoms. The summed E-state index contributed by atoms with van der Waals surface area (Å²) >= 11 is 0. The Labute approximate surface area is 142 Å². The average Bonchev–Trinajstić information content (AvgIpc) is 2.91. The topological polar surface area (TPSA) is 68.2 Å². The van der Waals surface area contributed by atoms with Crippen LogP contribution in [0.25, 0.3) is 0 Å². The Hall–Kier alpha value is -1.83. The lowest BCUT2D eigenvalue weighted by Crippen LogP contribution is -2.31. The molecule has 1 heterocycles. The molecule has 1 aromatic carbocycles. The summed E-state index contributed by atoms with van der Waals surface area (Å²) in [6.07, 6.45) is 5.46. The summed E-state index contributed by atoms with van der Waals surface area (Å²) in [5.41, 5.74) is 6.96. The zero-order valence-electron chi connectivity index (χ0n) is 11.8. The van der Waals surface area contributed by atoms with E-state index >= 15 is 0 Å². The van der Waals surface area contributed by atoms with Crippen LogP contribution in [0.15, 0.2) is 60.4 Å². The number of guanidine groups is 1. The molecule has 2 rings (SSSR count). The van der Waals surface area contributed by atoms with Crippen LogP contribution in [0.5, 0.6) is 0 Å². The van der Waals surface area contributed by atoms with E-state index in [0.717, 1.165) is 12.4 Å². The van der Waals surface area contributed by atoms with Crippen LogP contribution in [0, 0.1) is 0 Å². The second kappa shape index (κ2) is 9.17. The van der Waals surface area contributed by atoms with Crippen LogP contribution >= 0.6 is 24.0 Å². The maximum atomic E-state index is 5.73. The van der Waals surface area contributed by atoms with Crippen LogP contribution < -0.4 is 11.1 Å². The van der Waals surface area contributed by atoms with Gasteiger partial charge in [0, 0.05) is 25.5 Å². The Kier molecular flexibility index (Phi) is 7.52. The van der Waals surface area contributed by atoms with E-state index < -0.39 is 0 Å². The largest absolute Gasteiger partial charge is 0.370 e. The van der Waals surface area contributed by atoms with Gasteiger partial charge in [-0.3, -0.25) is 0 Å². The first-order chi connectivity index (χ1) is 9.79. The molecule has 0 saturated carbocycles. The van der Waals surface area contributed by atoms with E-state index in [1.54, 1.807) is 12.3 Å². The Bertz CT molecular complexity index is 577. The fourth-order valence-corrected chi connectivity index (χ4v) is 1.80. The quantitative estimate of drug-likeness (QED) is 0.340. The van der Waals surface area contributed by atoms with Gasteiger partial charge in [-0.15, -0.1) is 30.6 Å². The fraction of sp³-hybridized carbons (Fsp3) is 0.200. The van der Waals surface area contributed by atoms with E-state index in [1.165, 1.54) is 5.56 Å². The number of halogens is 1. The van der Waals surface area contributed by atoms with Gasteiger partial charge in [-0.25, -0.2) is 9.98 Å². The number of nitrogens with one attached hydrogen (secondary N) is 1. The van der Waals surface area contributed by atoms with Crippen LogP contribution in [0.3, 0.4) is 0 Å². The van der Waals surface area contributed by atoms with E-state index in [4.69, 9.17) is 5.73 Å². The number of aromatic nitrogens is 2. The highest BCUT2D eigenvalue weighted by Gasteiger charge is 2.03. The summed E-state index contributed by atoms with van der Waals surface area (Å²) < 4.78 is 2.07. The van der Waals surface area contributed by atoms with Gasteiger partial charge in [-0.05, 0) is 5.56 Å². The molecule has 0 aliphatic carbocycles. The molecule has 0 bridgehead atoms. The SMILES string of the molecule is C=CCNC(N)=NCc1nccn1Cc1ccccc1.I. The van der Waals surface area contributed by atoms with Crippen molar-refractivity contribution >= 4 is 29.9 Å². The van der Waals surface area contributed by atoms with Crippen LogP contribution in [-0.2, 0) is 13.1 Å². The normalized spacial score (nSPS) is 10.8. The fourth-order valence-electron chi connectivity index (χ4n) is 1.80. The number of imidazole rings is 1. The van der Waals surface area contributed by atoms with Crippen molar-refractivity contribution in [3.05, 3.63) is 66.8 Å². The predicted octanol–water partition coefficient (Wildman–Crippen LogP) is 2.14. The second-order valence-electron chi connectivity index (χ2n) is 4.33. The lowest BCUT2D eigenvalue weighted by Gasteiger charge is -2.07. The molecule has 0 radical (unpaired) electrons. The maximum Gasteiger partial charge on any atom is 0.189 e. The molecular weight excluding hydrogens is 377 g/mol. The van der Waals surface area contributed by atoms with E-state index in [2.05, 4.69) is 38.6 Å². The lowest BCUT2D eigenvalue weighted by molar-refractivity contribution is 0.722. The summed E-state index contributed by atoms with van der Waals surface area (Å²) in [5.74, 6) is 1.29. The van der Waals surface area contributed by atoms with Crippen LogP contribution in [-0.4, -0.2) is 22.1 Å². The van der Waals surface area contributed by atoms with Crippen LogP contribution in [0.4, 0.5) is 0 Å². The highest BCUT2D eigenvalue weighted by Crippen LogP contribution is 2.06. The standard InChI is InChI=1S/C15H19N5.HI/c1-2-8-18-15(16)19-11-14-17-9-10-20(14)12-13-6-4-3-5-7-13;/h2-7,9-10H,1,8,11-12H2,(H3,16,18,19);1H. The minimum absolute atomic E-state index is 0. The third-order valence-corrected chi connectivity index (χ3v) is 2.82. The number of benzene rings is 1. The van der Waals surface area contributed by atoms with Gasteiger partial charge < -0.3 is 15.6 Å². The molecule has 0 atom stereocenters. The first kappa shape index (κ1) is 17.2. The summed E-state index contributed by atoms with van der Waals surface area (Å²) in [6, 6.07) is 10.2. The van der Waals surface area contributed by atoms with Crippen LogP contribution in [0.1, 0.15) is 11.4 Å². The molecule has 0 saturated heterocycles. The van der Waals surface area contributed by atoms with Gasteiger partial charge in [0.2, 0.25) is 0 Å². The predicted molar refractivity (Wildman–Crippen MR) is 96.7 cm³/mol. The summed E-state index contributed by atoms with van der Waals surface area (Å²) in [6.45, 7) is 5.46. The van der Waals surface area contributed by atoms with Gasteiger partial charge in [0.25, 0.3) is 0 Å². The van der Waals surface area contributed by atoms with E-state index in [9.17, 15) is 0 Å². The van der Waals surface area contributed by atoms with Crippen molar-refractivity contribution in [2.45, 2.75) is 13.1 Å². The van der Waals surface area contributed by atoms with Gasteiger partial charge >= 0.3 is 0 Å². The minimum atomic E-state index is 0. The smallest absolute Gasteiger partial charge is 0.189 e. The zero-order chi connectivity index (χ0) is 14.2. The third-order valence-electron chi connectivity index (χ3n) is 2.82. The minimum Gasteiger partial charge on any atom is -0.370 e. The molecule has 0 unspecified atom stereocenters. The van der Waals surface area contributed by atoms with Crippen molar-refractivity contribution < 1.29 is 0 Å². The van der Waals surface area contributed by atoms with Gasteiger partial charge in [0.1, 0.15) is 12.4 Å². The molecule has 2 aromatic rings. The molecule has 0 amide bonds. The Morgan fingerprint density at radius 1 is 1.38 bits per heavy atom. The molecule has 0 fully saturated rings. The van der Waals surface area contributed by atoms with Gasteiger partial charge in [-0.1, -0.05) is 36.4 Å². The van der Waals surface area contributed by atoms with E-state index in [-0.39, 0.29) is 24.0 Å². The van der Waals surface area contributed by atoms with Crippen molar-refractivity contribution in [3.63, 3.8) is 0 Å². The molecule has 6 heteroatoms. The lowest BCUT2D eigenvalue weighted by atomic mass is 10.2. The first-order valence-corrected chi connectivity index (χ1v) is 6.48. The van der Waals surface area contributed by atoms with E-state index in [1.807, 2.05) is 24.4 Å². The Morgan fingerprint density at radius 2 is 2.14 bits per heavy atom. The monoisotopic (exact) mass is 397 g/mol. The average molecular weight is 397 g/mol.